The highest BCUT2D eigenvalue weighted by molar-refractivity contribution is 6.31. The van der Waals surface area contributed by atoms with Crippen LogP contribution in [0.25, 0.3) is 0 Å². The number of hydrogen-bond acceptors (Lipinski definition) is 4. The van der Waals surface area contributed by atoms with Gasteiger partial charge in [0.1, 0.15) is 0 Å². The Balaban J connectivity index is 2.27. The molecule has 0 spiro atoms. The topological polar surface area (TPSA) is 54.5 Å². The zero-order valence-corrected chi connectivity index (χ0v) is 9.62. The molecule has 0 atom stereocenters. The quantitative estimate of drug-likeness (QED) is 0.862. The molecule has 0 bridgehead atoms. The van der Waals surface area contributed by atoms with Crippen LogP contribution in [0.3, 0.4) is 0 Å². The molecule has 1 aromatic heterocycles. The van der Waals surface area contributed by atoms with Crippen molar-refractivity contribution in [3.8, 4) is 0 Å². The summed E-state index contributed by atoms with van der Waals surface area (Å²) in [5.41, 5.74) is 0.653. The zero-order chi connectivity index (χ0) is 11.5. The van der Waals surface area contributed by atoms with Crippen LogP contribution >= 0.6 is 11.6 Å². The van der Waals surface area contributed by atoms with E-state index >= 15 is 0 Å². The smallest absolute Gasteiger partial charge is 0.244 e. The van der Waals surface area contributed by atoms with Gasteiger partial charge in [0.25, 0.3) is 0 Å². The summed E-state index contributed by atoms with van der Waals surface area (Å²) >= 11 is 5.82. The molecule has 2 rings (SSSR count). The number of halogens is 1. The maximum absolute atomic E-state index is 11.4. The number of pyridine rings is 1. The predicted molar refractivity (Wildman–Crippen MR) is 62.0 cm³/mol. The average Bonchev–Trinajstić information content (AvgIpc) is 2.25. The van der Waals surface area contributed by atoms with Gasteiger partial charge < -0.3 is 15.0 Å². The van der Waals surface area contributed by atoms with Crippen molar-refractivity contribution in [3.63, 3.8) is 0 Å². The van der Waals surface area contributed by atoms with Crippen LogP contribution in [-0.4, -0.2) is 37.7 Å². The van der Waals surface area contributed by atoms with E-state index in [1.165, 1.54) is 0 Å². The van der Waals surface area contributed by atoms with Crippen molar-refractivity contribution in [2.75, 3.05) is 37.0 Å². The molecule has 0 saturated carbocycles. The molecule has 0 saturated heterocycles. The first kappa shape index (κ1) is 11.2. The van der Waals surface area contributed by atoms with Gasteiger partial charge >= 0.3 is 0 Å². The minimum atomic E-state index is -0.0623. The number of carbonyl (C=O) groups is 1. The van der Waals surface area contributed by atoms with Crippen molar-refractivity contribution in [3.05, 3.63) is 17.3 Å². The van der Waals surface area contributed by atoms with Crippen LogP contribution in [0.1, 0.15) is 0 Å². The normalized spacial score (nSPS) is 14.6. The van der Waals surface area contributed by atoms with E-state index in [4.69, 9.17) is 16.3 Å². The fraction of sp³-hybridized carbons (Fsp3) is 0.400. The van der Waals surface area contributed by atoms with E-state index in [1.54, 1.807) is 19.4 Å². The Bertz CT molecular complexity index is 411. The number of nitrogens with one attached hydrogen (secondary N) is 1. The summed E-state index contributed by atoms with van der Waals surface area (Å²) < 4.78 is 4.99. The van der Waals surface area contributed by atoms with Gasteiger partial charge in [0.2, 0.25) is 5.91 Å². The van der Waals surface area contributed by atoms with Gasteiger partial charge in [0, 0.05) is 19.9 Å². The van der Waals surface area contributed by atoms with E-state index in [-0.39, 0.29) is 5.91 Å². The van der Waals surface area contributed by atoms with Crippen molar-refractivity contribution in [1.29, 1.82) is 0 Å². The first-order valence-electron chi connectivity index (χ1n) is 4.90. The SMILES string of the molecule is COCCN1CC(=O)Nc2cc(Cl)cnc21. The first-order chi connectivity index (χ1) is 7.70. The van der Waals surface area contributed by atoms with Crippen molar-refractivity contribution >= 4 is 29.0 Å². The maximum Gasteiger partial charge on any atom is 0.244 e. The molecule has 1 aliphatic rings. The summed E-state index contributed by atoms with van der Waals surface area (Å²) in [5.74, 6) is 0.675. The number of methoxy groups -OCH3 is 1. The second-order valence-corrected chi connectivity index (χ2v) is 3.92. The van der Waals surface area contributed by atoms with E-state index in [0.29, 0.717) is 30.4 Å². The molecule has 0 fully saturated rings. The third-order valence-corrected chi connectivity index (χ3v) is 2.51. The number of rotatable bonds is 3. The lowest BCUT2D eigenvalue weighted by Gasteiger charge is -2.29. The van der Waals surface area contributed by atoms with Gasteiger partial charge in [0.15, 0.2) is 5.82 Å². The van der Waals surface area contributed by atoms with E-state index < -0.39 is 0 Å². The highest BCUT2D eigenvalue weighted by Crippen LogP contribution is 2.28. The molecule has 6 heteroatoms. The van der Waals surface area contributed by atoms with E-state index in [2.05, 4.69) is 10.3 Å². The van der Waals surface area contributed by atoms with Crippen molar-refractivity contribution in [2.45, 2.75) is 0 Å². The molecular formula is C10H12ClN3O2. The Morgan fingerprint density at radius 3 is 3.25 bits per heavy atom. The lowest BCUT2D eigenvalue weighted by molar-refractivity contribution is -0.115. The highest BCUT2D eigenvalue weighted by Gasteiger charge is 2.22. The summed E-state index contributed by atoms with van der Waals surface area (Å²) in [6, 6.07) is 1.70. The molecule has 5 nitrogen and oxygen atoms in total. The third-order valence-electron chi connectivity index (χ3n) is 2.31. The summed E-state index contributed by atoms with van der Waals surface area (Å²) in [6.45, 7) is 1.48. The largest absolute Gasteiger partial charge is 0.383 e. The van der Waals surface area contributed by atoms with Crippen LogP contribution in [0.5, 0.6) is 0 Å². The molecule has 0 aromatic carbocycles. The predicted octanol–water partition coefficient (Wildman–Crippen LogP) is 1.14. The molecule has 0 aliphatic carbocycles. The second-order valence-electron chi connectivity index (χ2n) is 3.49. The molecule has 86 valence electrons. The number of hydrogen-bond donors (Lipinski definition) is 1. The van der Waals surface area contributed by atoms with E-state index in [9.17, 15) is 4.79 Å². The summed E-state index contributed by atoms with van der Waals surface area (Å²) in [7, 11) is 1.63. The second kappa shape index (κ2) is 4.67. The Morgan fingerprint density at radius 2 is 2.50 bits per heavy atom. The lowest BCUT2D eigenvalue weighted by Crippen LogP contribution is -2.40. The number of nitrogens with zero attached hydrogens (tertiary/aromatic N) is 2. The van der Waals surface area contributed by atoms with Crippen LogP contribution in [-0.2, 0) is 9.53 Å². The van der Waals surface area contributed by atoms with Gasteiger partial charge in [-0.3, -0.25) is 4.79 Å². The number of fused-ring (bicyclic) bond motifs is 1. The fourth-order valence-electron chi connectivity index (χ4n) is 1.60. The van der Waals surface area contributed by atoms with Crippen molar-refractivity contribution in [1.82, 2.24) is 4.98 Å². The fourth-order valence-corrected chi connectivity index (χ4v) is 1.76. The molecule has 1 aliphatic heterocycles. The van der Waals surface area contributed by atoms with Gasteiger partial charge in [0.05, 0.1) is 23.9 Å². The Hall–Kier alpha value is -1.33. The summed E-state index contributed by atoms with van der Waals surface area (Å²) in [4.78, 5) is 17.5. The Morgan fingerprint density at radius 1 is 1.69 bits per heavy atom. The molecule has 16 heavy (non-hydrogen) atoms. The number of aromatic nitrogens is 1. The minimum Gasteiger partial charge on any atom is -0.383 e. The lowest BCUT2D eigenvalue weighted by atomic mass is 10.2. The first-order valence-corrected chi connectivity index (χ1v) is 5.28. The number of carbonyl (C=O) groups excluding carboxylic acids is 1. The number of amides is 1. The average molecular weight is 242 g/mol. The van der Waals surface area contributed by atoms with Gasteiger partial charge in [-0.1, -0.05) is 11.6 Å². The molecule has 1 aromatic rings. The van der Waals surface area contributed by atoms with E-state index in [1.807, 2.05) is 4.90 Å². The zero-order valence-electron chi connectivity index (χ0n) is 8.86. The van der Waals surface area contributed by atoms with Crippen molar-refractivity contribution < 1.29 is 9.53 Å². The van der Waals surface area contributed by atoms with E-state index in [0.717, 1.165) is 5.82 Å². The number of ether oxygens (including phenoxy) is 1. The van der Waals surface area contributed by atoms with Crippen LogP contribution in [0.15, 0.2) is 12.3 Å². The maximum atomic E-state index is 11.4. The third kappa shape index (κ3) is 2.25. The Kier molecular flexibility index (Phi) is 3.26. The van der Waals surface area contributed by atoms with Gasteiger partial charge in [-0.25, -0.2) is 4.98 Å². The Labute approximate surface area is 98.4 Å². The van der Waals surface area contributed by atoms with Gasteiger partial charge in [-0.2, -0.15) is 0 Å². The minimum absolute atomic E-state index is 0.0623. The molecular weight excluding hydrogens is 230 g/mol. The molecule has 2 heterocycles. The highest BCUT2D eigenvalue weighted by atomic mass is 35.5. The van der Waals surface area contributed by atoms with Crippen LogP contribution < -0.4 is 10.2 Å². The summed E-state index contributed by atoms with van der Waals surface area (Å²) in [5, 5.41) is 3.25. The molecule has 1 amide bonds. The molecule has 0 unspecified atom stereocenters. The number of anilines is 2. The van der Waals surface area contributed by atoms with Crippen LogP contribution in [0, 0.1) is 0 Å². The molecule has 1 N–H and O–H groups in total. The standard InChI is InChI=1S/C10H12ClN3O2/c1-16-3-2-14-6-9(15)13-8-4-7(11)5-12-10(8)14/h4-5H,2-3,6H2,1H3,(H,13,15). The monoisotopic (exact) mass is 241 g/mol. The molecule has 0 radical (unpaired) electrons. The van der Waals surface area contributed by atoms with Gasteiger partial charge in [-0.15, -0.1) is 0 Å². The summed E-state index contributed by atoms with van der Waals surface area (Å²) in [6.07, 6.45) is 1.57. The van der Waals surface area contributed by atoms with Crippen LogP contribution in [0.4, 0.5) is 11.5 Å². The van der Waals surface area contributed by atoms with Gasteiger partial charge in [-0.05, 0) is 6.07 Å². The van der Waals surface area contributed by atoms with Crippen LogP contribution in [0.2, 0.25) is 5.02 Å². The van der Waals surface area contributed by atoms with Crippen molar-refractivity contribution in [2.24, 2.45) is 0 Å².